The highest BCUT2D eigenvalue weighted by Gasteiger charge is 2.12. The van der Waals surface area contributed by atoms with Gasteiger partial charge in [-0.05, 0) is 91.0 Å². The number of benzene rings is 4. The van der Waals surface area contributed by atoms with E-state index in [1.165, 1.54) is 25.5 Å². The first-order valence-electron chi connectivity index (χ1n) is 11.5. The van der Waals surface area contributed by atoms with E-state index in [4.69, 9.17) is 14.2 Å². The van der Waals surface area contributed by atoms with Crippen molar-refractivity contribution in [3.63, 3.8) is 0 Å². The zero-order valence-corrected chi connectivity index (χ0v) is 23.5. The van der Waals surface area contributed by atoms with Gasteiger partial charge in [0.25, 0.3) is 5.91 Å². The van der Waals surface area contributed by atoms with Gasteiger partial charge in [0.1, 0.15) is 24.8 Å². The normalized spacial score (nSPS) is 10.8. The Morgan fingerprint density at radius 3 is 2.29 bits per heavy atom. The Hall–Kier alpha value is -3.69. The van der Waals surface area contributed by atoms with Gasteiger partial charge < -0.3 is 14.2 Å². The molecule has 4 aromatic rings. The van der Waals surface area contributed by atoms with Crippen molar-refractivity contribution in [3.8, 4) is 17.2 Å². The number of hydrogen-bond acceptors (Lipinski definition) is 5. The molecule has 0 bridgehead atoms. The Morgan fingerprint density at radius 1 is 0.868 bits per heavy atom. The van der Waals surface area contributed by atoms with Crippen LogP contribution < -0.4 is 19.6 Å². The number of hydrogen-bond donors (Lipinski definition) is 1. The number of carbonyl (C=O) groups is 1. The fourth-order valence-electron chi connectivity index (χ4n) is 3.47. The van der Waals surface area contributed by atoms with Crippen molar-refractivity contribution in [2.45, 2.75) is 13.2 Å². The Bertz CT molecular complexity index is 1420. The van der Waals surface area contributed by atoms with E-state index >= 15 is 0 Å². The fraction of sp³-hybridized carbons (Fsp3) is 0.103. The van der Waals surface area contributed by atoms with Crippen molar-refractivity contribution >= 4 is 44.0 Å². The van der Waals surface area contributed by atoms with Crippen molar-refractivity contribution in [2.24, 2.45) is 5.10 Å². The SMILES string of the molecule is COc1cc(C(=O)N/N=C/c2cc(Br)c(OCc3cccc(F)c3)c(Br)c2)ccc1OCc1ccccc1. The van der Waals surface area contributed by atoms with Crippen molar-refractivity contribution in [1.29, 1.82) is 0 Å². The van der Waals surface area contributed by atoms with Gasteiger partial charge in [-0.15, -0.1) is 0 Å². The summed E-state index contributed by atoms with van der Waals surface area (Å²) in [6, 6.07) is 24.5. The second kappa shape index (κ2) is 13.2. The minimum atomic E-state index is -0.401. The van der Waals surface area contributed by atoms with Gasteiger partial charge >= 0.3 is 0 Å². The Morgan fingerprint density at radius 2 is 1.58 bits per heavy atom. The maximum atomic E-state index is 13.4. The molecule has 6 nitrogen and oxygen atoms in total. The molecule has 0 unspecified atom stereocenters. The van der Waals surface area contributed by atoms with Gasteiger partial charge in [0.05, 0.1) is 22.3 Å². The molecule has 0 heterocycles. The molecule has 194 valence electrons. The number of amides is 1. The number of ether oxygens (including phenoxy) is 3. The van der Waals surface area contributed by atoms with E-state index in [0.29, 0.717) is 49.5 Å². The molecule has 0 atom stereocenters. The van der Waals surface area contributed by atoms with E-state index in [1.54, 1.807) is 42.5 Å². The van der Waals surface area contributed by atoms with Crippen LogP contribution in [-0.4, -0.2) is 19.2 Å². The Balaban J connectivity index is 1.36. The molecule has 0 spiro atoms. The Kier molecular flexibility index (Phi) is 9.51. The third-order valence-electron chi connectivity index (χ3n) is 5.34. The van der Waals surface area contributed by atoms with Crippen LogP contribution in [0, 0.1) is 5.82 Å². The highest BCUT2D eigenvalue weighted by atomic mass is 79.9. The number of halogens is 3. The van der Waals surface area contributed by atoms with Crippen LogP contribution in [0.25, 0.3) is 0 Å². The number of rotatable bonds is 10. The molecule has 0 saturated carbocycles. The lowest BCUT2D eigenvalue weighted by Crippen LogP contribution is -2.17. The van der Waals surface area contributed by atoms with E-state index < -0.39 is 5.91 Å². The molecule has 1 N–H and O–H groups in total. The van der Waals surface area contributed by atoms with Crippen LogP contribution in [0.15, 0.2) is 99.0 Å². The average Bonchev–Trinajstić information content (AvgIpc) is 2.92. The summed E-state index contributed by atoms with van der Waals surface area (Å²) >= 11 is 6.98. The first-order valence-corrected chi connectivity index (χ1v) is 13.1. The van der Waals surface area contributed by atoms with E-state index in [9.17, 15) is 9.18 Å². The van der Waals surface area contributed by atoms with Crippen LogP contribution in [0.5, 0.6) is 17.2 Å². The summed E-state index contributed by atoms with van der Waals surface area (Å²) in [6.07, 6.45) is 1.51. The first kappa shape index (κ1) is 27.3. The first-order chi connectivity index (χ1) is 18.4. The molecule has 9 heteroatoms. The highest BCUT2D eigenvalue weighted by Crippen LogP contribution is 2.35. The number of carbonyl (C=O) groups excluding carboxylic acids is 1. The lowest BCUT2D eigenvalue weighted by molar-refractivity contribution is 0.0954. The molecule has 0 aliphatic heterocycles. The molecule has 0 aliphatic carbocycles. The van der Waals surface area contributed by atoms with E-state index in [-0.39, 0.29) is 12.4 Å². The van der Waals surface area contributed by atoms with Crippen molar-refractivity contribution < 1.29 is 23.4 Å². The molecular weight excluding hydrogens is 619 g/mol. The van der Waals surface area contributed by atoms with E-state index in [1.807, 2.05) is 30.3 Å². The lowest BCUT2D eigenvalue weighted by Gasteiger charge is -2.12. The predicted molar refractivity (Wildman–Crippen MR) is 151 cm³/mol. The molecule has 4 aromatic carbocycles. The summed E-state index contributed by atoms with van der Waals surface area (Å²) < 4.78 is 31.8. The van der Waals surface area contributed by atoms with E-state index in [2.05, 4.69) is 42.4 Å². The smallest absolute Gasteiger partial charge is 0.271 e. The van der Waals surface area contributed by atoms with Crippen molar-refractivity contribution in [1.82, 2.24) is 5.43 Å². The number of hydrazone groups is 1. The molecule has 0 aromatic heterocycles. The number of methoxy groups -OCH3 is 1. The summed E-state index contributed by atoms with van der Waals surface area (Å²) in [5, 5.41) is 4.07. The number of nitrogens with one attached hydrogen (secondary N) is 1. The van der Waals surface area contributed by atoms with Crippen LogP contribution in [0.1, 0.15) is 27.0 Å². The van der Waals surface area contributed by atoms with Gasteiger partial charge in [0.2, 0.25) is 0 Å². The molecule has 0 saturated heterocycles. The summed E-state index contributed by atoms with van der Waals surface area (Å²) in [5.41, 5.74) is 5.34. The van der Waals surface area contributed by atoms with Gasteiger partial charge in [-0.3, -0.25) is 4.79 Å². The summed E-state index contributed by atoms with van der Waals surface area (Å²) in [5.74, 6) is 0.827. The highest BCUT2D eigenvalue weighted by molar-refractivity contribution is 9.11. The van der Waals surface area contributed by atoms with Crippen LogP contribution in [0.3, 0.4) is 0 Å². The van der Waals surface area contributed by atoms with Crippen LogP contribution >= 0.6 is 31.9 Å². The van der Waals surface area contributed by atoms with Crippen LogP contribution in [0.2, 0.25) is 0 Å². The molecule has 0 fully saturated rings. The minimum absolute atomic E-state index is 0.206. The van der Waals surface area contributed by atoms with Crippen LogP contribution in [0.4, 0.5) is 4.39 Å². The second-order valence-electron chi connectivity index (χ2n) is 8.07. The summed E-state index contributed by atoms with van der Waals surface area (Å²) in [7, 11) is 1.52. The van der Waals surface area contributed by atoms with Crippen LogP contribution in [-0.2, 0) is 13.2 Å². The van der Waals surface area contributed by atoms with Gasteiger partial charge in [0, 0.05) is 5.56 Å². The molecule has 0 aliphatic rings. The van der Waals surface area contributed by atoms with Crippen molar-refractivity contribution in [2.75, 3.05) is 7.11 Å². The largest absolute Gasteiger partial charge is 0.493 e. The summed E-state index contributed by atoms with van der Waals surface area (Å²) in [4.78, 5) is 12.6. The summed E-state index contributed by atoms with van der Waals surface area (Å²) in [6.45, 7) is 0.588. The average molecular weight is 642 g/mol. The molecular formula is C29H23Br2FN2O4. The molecule has 38 heavy (non-hydrogen) atoms. The van der Waals surface area contributed by atoms with Gasteiger partial charge in [-0.1, -0.05) is 42.5 Å². The maximum absolute atomic E-state index is 13.4. The standard InChI is InChI=1S/C29H23Br2FN2O4/c1-36-27-15-22(10-11-26(27)37-17-19-6-3-2-4-7-19)29(35)34-33-16-21-13-24(30)28(25(31)14-21)38-18-20-8-5-9-23(32)12-20/h2-16H,17-18H2,1H3,(H,34,35)/b33-16+. The second-order valence-corrected chi connectivity index (χ2v) is 9.78. The fourth-order valence-corrected chi connectivity index (χ4v) is 4.92. The molecule has 0 radical (unpaired) electrons. The predicted octanol–water partition coefficient (Wildman–Crippen LogP) is 7.28. The zero-order valence-electron chi connectivity index (χ0n) is 20.3. The van der Waals surface area contributed by atoms with Gasteiger partial charge in [-0.2, -0.15) is 5.10 Å². The third kappa shape index (κ3) is 7.43. The quantitative estimate of drug-likeness (QED) is 0.146. The zero-order chi connectivity index (χ0) is 26.9. The third-order valence-corrected chi connectivity index (χ3v) is 6.51. The number of nitrogens with zero attached hydrogens (tertiary/aromatic N) is 1. The molecule has 4 rings (SSSR count). The monoisotopic (exact) mass is 640 g/mol. The maximum Gasteiger partial charge on any atom is 0.271 e. The van der Waals surface area contributed by atoms with Gasteiger partial charge in [0.15, 0.2) is 11.5 Å². The lowest BCUT2D eigenvalue weighted by atomic mass is 10.2. The molecule has 1 amide bonds. The topological polar surface area (TPSA) is 69.2 Å². The Labute approximate surface area is 236 Å². The van der Waals surface area contributed by atoms with Gasteiger partial charge in [-0.25, -0.2) is 9.82 Å². The van der Waals surface area contributed by atoms with Crippen molar-refractivity contribution in [3.05, 3.63) is 122 Å². The minimum Gasteiger partial charge on any atom is -0.493 e. The van der Waals surface area contributed by atoms with E-state index in [0.717, 1.165) is 5.56 Å².